The van der Waals surface area contributed by atoms with Crippen LogP contribution < -0.4 is 0 Å². The third kappa shape index (κ3) is 4.39. The van der Waals surface area contributed by atoms with Crippen LogP contribution in [0.2, 0.25) is 0 Å². The summed E-state index contributed by atoms with van der Waals surface area (Å²) in [5.74, 6) is 0. The molecule has 132 valence electrons. The second-order valence-corrected chi connectivity index (χ2v) is 8.51. The van der Waals surface area contributed by atoms with E-state index in [9.17, 15) is 4.57 Å². The standard InChI is InChI=1S/C18H20BrN2O3P/c1-3-23-25(22,24-4-2)13-14-5-7-15(8-6-14)17-12-21-11-16(19)9-10-18(21)20-17/h5-12H,3-4,13H2,1-2H3. The van der Waals surface area contributed by atoms with E-state index in [1.165, 1.54) is 0 Å². The summed E-state index contributed by atoms with van der Waals surface area (Å²) in [6.45, 7) is 4.37. The van der Waals surface area contributed by atoms with Gasteiger partial charge in [-0.05, 0) is 47.5 Å². The Hall–Kier alpha value is -1.46. The molecule has 0 saturated carbocycles. The molecule has 0 amide bonds. The van der Waals surface area contributed by atoms with Crippen molar-refractivity contribution in [1.82, 2.24) is 9.38 Å². The number of benzene rings is 1. The van der Waals surface area contributed by atoms with Crippen molar-refractivity contribution in [3.8, 4) is 11.3 Å². The number of aromatic nitrogens is 2. The van der Waals surface area contributed by atoms with Gasteiger partial charge >= 0.3 is 7.60 Å². The lowest BCUT2D eigenvalue weighted by atomic mass is 10.1. The Morgan fingerprint density at radius 2 is 1.72 bits per heavy atom. The molecule has 3 rings (SSSR count). The fraction of sp³-hybridized carbons (Fsp3) is 0.278. The number of hydrogen-bond acceptors (Lipinski definition) is 4. The summed E-state index contributed by atoms with van der Waals surface area (Å²) in [6.07, 6.45) is 4.23. The highest BCUT2D eigenvalue weighted by Crippen LogP contribution is 2.51. The maximum absolute atomic E-state index is 12.6. The van der Waals surface area contributed by atoms with Gasteiger partial charge in [-0.3, -0.25) is 4.57 Å². The molecule has 2 heterocycles. The Bertz CT molecular complexity index is 898. The van der Waals surface area contributed by atoms with E-state index in [1.807, 2.05) is 67.0 Å². The molecule has 2 aromatic heterocycles. The molecule has 0 saturated heterocycles. The molecular formula is C18H20BrN2O3P. The van der Waals surface area contributed by atoms with Crippen molar-refractivity contribution in [3.05, 3.63) is 58.8 Å². The zero-order valence-electron chi connectivity index (χ0n) is 14.2. The van der Waals surface area contributed by atoms with Crippen molar-refractivity contribution in [3.63, 3.8) is 0 Å². The summed E-state index contributed by atoms with van der Waals surface area (Å²) in [5.41, 5.74) is 3.70. The molecule has 0 bridgehead atoms. The van der Waals surface area contributed by atoms with Crippen LogP contribution in [-0.4, -0.2) is 22.6 Å². The molecule has 0 N–H and O–H groups in total. The van der Waals surface area contributed by atoms with Gasteiger partial charge in [0.05, 0.1) is 25.1 Å². The van der Waals surface area contributed by atoms with Gasteiger partial charge in [0.1, 0.15) is 5.65 Å². The molecule has 0 fully saturated rings. The van der Waals surface area contributed by atoms with Crippen molar-refractivity contribution >= 4 is 29.2 Å². The molecule has 0 spiro atoms. The van der Waals surface area contributed by atoms with Crippen LogP contribution in [0.4, 0.5) is 0 Å². The first-order chi connectivity index (χ1) is 12.0. The normalized spacial score (nSPS) is 12.0. The number of nitrogens with zero attached hydrogens (tertiary/aromatic N) is 2. The first-order valence-electron chi connectivity index (χ1n) is 8.14. The Morgan fingerprint density at radius 1 is 1.04 bits per heavy atom. The number of hydrogen-bond donors (Lipinski definition) is 0. The van der Waals surface area contributed by atoms with Gasteiger partial charge in [-0.25, -0.2) is 4.98 Å². The Kier molecular flexibility index (Phi) is 5.74. The lowest BCUT2D eigenvalue weighted by Gasteiger charge is -2.17. The van der Waals surface area contributed by atoms with Crippen molar-refractivity contribution in [2.75, 3.05) is 13.2 Å². The summed E-state index contributed by atoms with van der Waals surface area (Å²) >= 11 is 3.46. The van der Waals surface area contributed by atoms with Crippen molar-refractivity contribution in [2.24, 2.45) is 0 Å². The Labute approximate surface area is 155 Å². The fourth-order valence-electron chi connectivity index (χ4n) is 2.63. The van der Waals surface area contributed by atoms with E-state index in [-0.39, 0.29) is 6.16 Å². The largest absolute Gasteiger partial charge is 0.335 e. The van der Waals surface area contributed by atoms with E-state index in [1.54, 1.807) is 0 Å². The van der Waals surface area contributed by atoms with Crippen LogP contribution in [0.3, 0.4) is 0 Å². The first-order valence-corrected chi connectivity index (χ1v) is 10.7. The zero-order valence-corrected chi connectivity index (χ0v) is 16.7. The van der Waals surface area contributed by atoms with Gasteiger partial charge in [-0.2, -0.15) is 0 Å². The quantitative estimate of drug-likeness (QED) is 0.469. The van der Waals surface area contributed by atoms with Crippen molar-refractivity contribution in [2.45, 2.75) is 20.0 Å². The van der Waals surface area contributed by atoms with E-state index < -0.39 is 7.60 Å². The number of imidazole rings is 1. The van der Waals surface area contributed by atoms with Crippen LogP contribution in [0.25, 0.3) is 16.9 Å². The average Bonchev–Trinajstić information content (AvgIpc) is 2.99. The Balaban J connectivity index is 1.82. The summed E-state index contributed by atoms with van der Waals surface area (Å²) < 4.78 is 26.3. The van der Waals surface area contributed by atoms with Crippen LogP contribution >= 0.6 is 23.5 Å². The van der Waals surface area contributed by atoms with Crippen molar-refractivity contribution in [1.29, 1.82) is 0 Å². The zero-order chi connectivity index (χ0) is 17.9. The molecule has 25 heavy (non-hydrogen) atoms. The second-order valence-electron chi connectivity index (χ2n) is 5.54. The molecule has 0 atom stereocenters. The molecule has 1 aromatic carbocycles. The van der Waals surface area contributed by atoms with E-state index >= 15 is 0 Å². The molecule has 3 aromatic rings. The highest BCUT2D eigenvalue weighted by atomic mass is 79.9. The van der Waals surface area contributed by atoms with Crippen LogP contribution in [-0.2, 0) is 19.8 Å². The van der Waals surface area contributed by atoms with E-state index in [0.29, 0.717) is 13.2 Å². The highest BCUT2D eigenvalue weighted by molar-refractivity contribution is 9.10. The highest BCUT2D eigenvalue weighted by Gasteiger charge is 2.23. The summed E-state index contributed by atoms with van der Waals surface area (Å²) in [4.78, 5) is 4.63. The lowest BCUT2D eigenvalue weighted by molar-refractivity contribution is 0.219. The minimum Gasteiger partial charge on any atom is -0.309 e. The number of fused-ring (bicyclic) bond motifs is 1. The van der Waals surface area contributed by atoms with Gasteiger partial charge in [0.25, 0.3) is 0 Å². The number of halogens is 1. The van der Waals surface area contributed by atoms with Gasteiger partial charge in [0, 0.05) is 22.4 Å². The van der Waals surface area contributed by atoms with Crippen LogP contribution in [0, 0.1) is 0 Å². The molecule has 0 aliphatic heterocycles. The number of rotatable bonds is 7. The second kappa shape index (κ2) is 7.83. The average molecular weight is 423 g/mol. The maximum atomic E-state index is 12.6. The maximum Gasteiger partial charge on any atom is 0.335 e. The molecule has 0 aliphatic rings. The van der Waals surface area contributed by atoms with Gasteiger partial charge in [-0.1, -0.05) is 24.3 Å². The first kappa shape index (κ1) is 18.3. The summed E-state index contributed by atoms with van der Waals surface area (Å²) in [7, 11) is -3.08. The smallest absolute Gasteiger partial charge is 0.309 e. The van der Waals surface area contributed by atoms with Gasteiger partial charge < -0.3 is 13.4 Å². The molecule has 7 heteroatoms. The fourth-order valence-corrected chi connectivity index (χ4v) is 4.68. The minimum absolute atomic E-state index is 0.271. The van der Waals surface area contributed by atoms with Gasteiger partial charge in [0.15, 0.2) is 0 Å². The van der Waals surface area contributed by atoms with Gasteiger partial charge in [-0.15, -0.1) is 0 Å². The molecule has 0 unspecified atom stereocenters. The minimum atomic E-state index is -3.08. The topological polar surface area (TPSA) is 52.8 Å². The van der Waals surface area contributed by atoms with E-state index in [0.717, 1.165) is 26.9 Å². The number of pyridine rings is 1. The van der Waals surface area contributed by atoms with Crippen LogP contribution in [0.5, 0.6) is 0 Å². The van der Waals surface area contributed by atoms with Crippen LogP contribution in [0.15, 0.2) is 53.3 Å². The summed E-state index contributed by atoms with van der Waals surface area (Å²) in [5, 5.41) is 0. The SMILES string of the molecule is CCOP(=O)(Cc1ccc(-c2cn3cc(Br)ccc3n2)cc1)OCC. The predicted octanol–water partition coefficient (Wildman–Crippen LogP) is 5.53. The Morgan fingerprint density at radius 3 is 2.36 bits per heavy atom. The third-order valence-corrected chi connectivity index (χ3v) is 6.22. The summed E-state index contributed by atoms with van der Waals surface area (Å²) in [6, 6.07) is 11.8. The van der Waals surface area contributed by atoms with E-state index in [2.05, 4.69) is 20.9 Å². The lowest BCUT2D eigenvalue weighted by Crippen LogP contribution is -1.99. The third-order valence-electron chi connectivity index (χ3n) is 3.69. The molecule has 0 aliphatic carbocycles. The van der Waals surface area contributed by atoms with Crippen molar-refractivity contribution < 1.29 is 13.6 Å². The molecular weight excluding hydrogens is 403 g/mol. The van der Waals surface area contributed by atoms with Crippen LogP contribution in [0.1, 0.15) is 19.4 Å². The van der Waals surface area contributed by atoms with E-state index in [4.69, 9.17) is 9.05 Å². The predicted molar refractivity (Wildman–Crippen MR) is 103 cm³/mol. The molecule has 5 nitrogen and oxygen atoms in total. The van der Waals surface area contributed by atoms with Gasteiger partial charge in [0.2, 0.25) is 0 Å². The molecule has 0 radical (unpaired) electrons. The monoisotopic (exact) mass is 422 g/mol.